The Morgan fingerprint density at radius 3 is 2.33 bits per heavy atom. The van der Waals surface area contributed by atoms with Crippen molar-refractivity contribution in [3.8, 4) is 0 Å². The molecule has 0 aliphatic carbocycles. The second-order valence-electron chi connectivity index (χ2n) is 4.16. The lowest BCUT2D eigenvalue weighted by Gasteiger charge is -2.12. The summed E-state index contributed by atoms with van der Waals surface area (Å²) in [4.78, 5) is 0. The second-order valence-corrected chi connectivity index (χ2v) is 4.60. The number of halogens is 1. The van der Waals surface area contributed by atoms with Crippen molar-refractivity contribution in [3.05, 3.63) is 70.7 Å². The van der Waals surface area contributed by atoms with E-state index in [1.807, 2.05) is 54.6 Å². The van der Waals surface area contributed by atoms with Crippen LogP contribution in [0.5, 0.6) is 0 Å². The molecule has 0 radical (unpaired) electrons. The average Bonchev–Trinajstić information content (AvgIpc) is 2.42. The molecule has 0 fully saturated rings. The highest BCUT2D eigenvalue weighted by Gasteiger charge is 2.05. The minimum absolute atomic E-state index is 0.0847. The molecule has 2 N–H and O–H groups in total. The number of nitrogens with two attached hydrogens (primary N) is 1. The van der Waals surface area contributed by atoms with Crippen LogP contribution in [0.1, 0.15) is 17.2 Å². The number of ether oxygens (including phenoxy) is 1. The normalized spacial score (nSPS) is 12.3. The summed E-state index contributed by atoms with van der Waals surface area (Å²) in [5.74, 6) is 0. The second kappa shape index (κ2) is 6.55. The van der Waals surface area contributed by atoms with E-state index in [0.29, 0.717) is 13.2 Å². The Bertz CT molecular complexity index is 470. The zero-order valence-electron chi connectivity index (χ0n) is 10.1. The lowest BCUT2D eigenvalue weighted by molar-refractivity contribution is 0.108. The minimum Gasteiger partial charge on any atom is -0.375 e. The summed E-state index contributed by atoms with van der Waals surface area (Å²) in [7, 11) is 0. The van der Waals surface area contributed by atoms with Gasteiger partial charge < -0.3 is 10.5 Å². The van der Waals surface area contributed by atoms with Crippen LogP contribution in [0.15, 0.2) is 54.6 Å². The summed E-state index contributed by atoms with van der Waals surface area (Å²) in [6, 6.07) is 17.5. The molecule has 2 aromatic carbocycles. The average molecular weight is 262 g/mol. The van der Waals surface area contributed by atoms with Crippen LogP contribution in [-0.4, -0.2) is 6.61 Å². The molecule has 0 aliphatic rings. The lowest BCUT2D eigenvalue weighted by Crippen LogP contribution is -2.16. The maximum atomic E-state index is 6.04. The molecule has 0 aromatic heterocycles. The van der Waals surface area contributed by atoms with Gasteiger partial charge in [0.15, 0.2) is 0 Å². The fraction of sp³-hybridized carbons (Fsp3) is 0.200. The lowest BCUT2D eigenvalue weighted by atomic mass is 10.1. The SMILES string of the molecule is NC(COCc1ccc(Cl)cc1)c1ccccc1. The van der Waals surface area contributed by atoms with E-state index in [9.17, 15) is 0 Å². The van der Waals surface area contributed by atoms with E-state index >= 15 is 0 Å². The summed E-state index contributed by atoms with van der Waals surface area (Å²) in [5, 5.41) is 0.736. The molecular weight excluding hydrogens is 246 g/mol. The zero-order chi connectivity index (χ0) is 12.8. The third-order valence-electron chi connectivity index (χ3n) is 2.71. The molecule has 0 spiro atoms. The van der Waals surface area contributed by atoms with E-state index in [1.165, 1.54) is 0 Å². The van der Waals surface area contributed by atoms with Gasteiger partial charge in [0.25, 0.3) is 0 Å². The van der Waals surface area contributed by atoms with E-state index in [-0.39, 0.29) is 6.04 Å². The van der Waals surface area contributed by atoms with Gasteiger partial charge in [-0.15, -0.1) is 0 Å². The largest absolute Gasteiger partial charge is 0.375 e. The number of benzene rings is 2. The van der Waals surface area contributed by atoms with Crippen LogP contribution < -0.4 is 5.73 Å². The van der Waals surface area contributed by atoms with Crippen LogP contribution >= 0.6 is 11.6 Å². The van der Waals surface area contributed by atoms with Gasteiger partial charge in [0.05, 0.1) is 19.3 Å². The van der Waals surface area contributed by atoms with E-state index in [2.05, 4.69) is 0 Å². The van der Waals surface area contributed by atoms with Crippen LogP contribution in [0, 0.1) is 0 Å². The molecule has 1 atom stereocenters. The van der Waals surface area contributed by atoms with Crippen molar-refractivity contribution in [1.29, 1.82) is 0 Å². The maximum absolute atomic E-state index is 6.04. The third kappa shape index (κ3) is 3.84. The Balaban J connectivity index is 1.80. The van der Waals surface area contributed by atoms with Crippen molar-refractivity contribution in [2.45, 2.75) is 12.6 Å². The van der Waals surface area contributed by atoms with Gasteiger partial charge in [-0.05, 0) is 23.3 Å². The quantitative estimate of drug-likeness (QED) is 0.893. The first-order valence-electron chi connectivity index (χ1n) is 5.88. The van der Waals surface area contributed by atoms with Gasteiger partial charge in [0.1, 0.15) is 0 Å². The summed E-state index contributed by atoms with van der Waals surface area (Å²) in [6.45, 7) is 1.06. The highest BCUT2D eigenvalue weighted by molar-refractivity contribution is 6.30. The first-order chi connectivity index (χ1) is 8.75. The van der Waals surface area contributed by atoms with Gasteiger partial charge in [-0.25, -0.2) is 0 Å². The molecule has 18 heavy (non-hydrogen) atoms. The highest BCUT2D eigenvalue weighted by atomic mass is 35.5. The maximum Gasteiger partial charge on any atom is 0.0717 e. The standard InChI is InChI=1S/C15H16ClNO/c16-14-8-6-12(7-9-14)10-18-11-15(17)13-4-2-1-3-5-13/h1-9,15H,10-11,17H2. The third-order valence-corrected chi connectivity index (χ3v) is 2.96. The van der Waals surface area contributed by atoms with Gasteiger partial charge in [-0.3, -0.25) is 0 Å². The Morgan fingerprint density at radius 1 is 1.00 bits per heavy atom. The van der Waals surface area contributed by atoms with Crippen molar-refractivity contribution in [3.63, 3.8) is 0 Å². The molecular formula is C15H16ClNO. The van der Waals surface area contributed by atoms with Gasteiger partial charge >= 0.3 is 0 Å². The summed E-state index contributed by atoms with van der Waals surface area (Å²) in [6.07, 6.45) is 0. The molecule has 0 saturated heterocycles. The van der Waals surface area contributed by atoms with Crippen LogP contribution in [0.4, 0.5) is 0 Å². The number of hydrogen-bond donors (Lipinski definition) is 1. The first-order valence-corrected chi connectivity index (χ1v) is 6.26. The van der Waals surface area contributed by atoms with Crippen molar-refractivity contribution >= 4 is 11.6 Å². The van der Waals surface area contributed by atoms with Gasteiger partial charge in [0, 0.05) is 5.02 Å². The van der Waals surface area contributed by atoms with Gasteiger partial charge in [0.2, 0.25) is 0 Å². The molecule has 3 heteroatoms. The Hall–Kier alpha value is -1.35. The molecule has 0 aliphatic heterocycles. The number of hydrogen-bond acceptors (Lipinski definition) is 2. The molecule has 2 rings (SSSR count). The van der Waals surface area contributed by atoms with Crippen LogP contribution in [0.25, 0.3) is 0 Å². The monoisotopic (exact) mass is 261 g/mol. The summed E-state index contributed by atoms with van der Waals surface area (Å²) in [5.41, 5.74) is 8.23. The highest BCUT2D eigenvalue weighted by Crippen LogP contribution is 2.13. The topological polar surface area (TPSA) is 35.2 Å². The van der Waals surface area contributed by atoms with Crippen molar-refractivity contribution in [2.24, 2.45) is 5.73 Å². The molecule has 1 unspecified atom stereocenters. The predicted octanol–water partition coefficient (Wildman–Crippen LogP) is 3.56. The predicted molar refractivity (Wildman–Crippen MR) is 74.5 cm³/mol. The fourth-order valence-corrected chi connectivity index (χ4v) is 1.81. The van der Waals surface area contributed by atoms with E-state index < -0.39 is 0 Å². The van der Waals surface area contributed by atoms with E-state index in [0.717, 1.165) is 16.1 Å². The van der Waals surface area contributed by atoms with Crippen molar-refractivity contribution in [1.82, 2.24) is 0 Å². The molecule has 2 nitrogen and oxygen atoms in total. The van der Waals surface area contributed by atoms with Crippen molar-refractivity contribution in [2.75, 3.05) is 6.61 Å². The zero-order valence-corrected chi connectivity index (χ0v) is 10.8. The van der Waals surface area contributed by atoms with Crippen LogP contribution in [0.3, 0.4) is 0 Å². The molecule has 2 aromatic rings. The van der Waals surface area contributed by atoms with Crippen molar-refractivity contribution < 1.29 is 4.74 Å². The minimum atomic E-state index is -0.0847. The Labute approximate surface area is 112 Å². The van der Waals surface area contributed by atoms with Gasteiger partial charge in [-0.2, -0.15) is 0 Å². The van der Waals surface area contributed by atoms with E-state index in [4.69, 9.17) is 22.1 Å². The summed E-state index contributed by atoms with van der Waals surface area (Å²) < 4.78 is 5.61. The Morgan fingerprint density at radius 2 is 1.67 bits per heavy atom. The van der Waals surface area contributed by atoms with Crippen LogP contribution in [0.2, 0.25) is 5.02 Å². The molecule has 0 amide bonds. The molecule has 0 bridgehead atoms. The van der Waals surface area contributed by atoms with Crippen LogP contribution in [-0.2, 0) is 11.3 Å². The molecule has 0 saturated carbocycles. The smallest absolute Gasteiger partial charge is 0.0717 e. The van der Waals surface area contributed by atoms with Gasteiger partial charge in [-0.1, -0.05) is 54.1 Å². The Kier molecular flexibility index (Phi) is 4.76. The number of rotatable bonds is 5. The molecule has 0 heterocycles. The summed E-state index contributed by atoms with van der Waals surface area (Å²) >= 11 is 5.82. The first kappa shape index (κ1) is 13.1. The molecule has 94 valence electrons. The van der Waals surface area contributed by atoms with E-state index in [1.54, 1.807) is 0 Å². The fourth-order valence-electron chi connectivity index (χ4n) is 1.68.